The molecule has 0 aliphatic heterocycles. The van der Waals surface area contributed by atoms with Gasteiger partial charge < -0.3 is 20.4 Å². The maximum absolute atomic E-state index is 11.6. The molecule has 1 aliphatic rings. The maximum atomic E-state index is 11.6. The lowest BCUT2D eigenvalue weighted by Gasteiger charge is -2.54. The van der Waals surface area contributed by atoms with Gasteiger partial charge in [-0.2, -0.15) is 0 Å². The Bertz CT molecular complexity index is 365. The summed E-state index contributed by atoms with van der Waals surface area (Å²) in [5.41, 5.74) is -0.796. The summed E-state index contributed by atoms with van der Waals surface area (Å²) >= 11 is 0. The first-order valence-electron chi connectivity index (χ1n) is 7.07. The van der Waals surface area contributed by atoms with Crippen molar-refractivity contribution in [3.8, 4) is 0 Å². The van der Waals surface area contributed by atoms with Crippen LogP contribution in [0, 0.1) is 28.6 Å². The monoisotopic (exact) mass is 288 g/mol. The van der Waals surface area contributed by atoms with Crippen LogP contribution in [0.3, 0.4) is 0 Å². The van der Waals surface area contributed by atoms with E-state index in [0.29, 0.717) is 0 Å². The Morgan fingerprint density at radius 1 is 0.750 bits per heavy atom. The zero-order valence-electron chi connectivity index (χ0n) is 13.2. The molecular formula is C15H28O5. The maximum Gasteiger partial charge on any atom is 0.309 e. The number of aliphatic carboxylic acids is 1. The molecule has 20 heavy (non-hydrogen) atoms. The van der Waals surface area contributed by atoms with E-state index in [1.54, 1.807) is 0 Å². The molecule has 0 saturated heterocycles. The van der Waals surface area contributed by atoms with Gasteiger partial charge in [-0.25, -0.2) is 0 Å². The van der Waals surface area contributed by atoms with Crippen LogP contribution in [0.25, 0.3) is 0 Å². The molecule has 118 valence electrons. The fourth-order valence-electron chi connectivity index (χ4n) is 3.70. The molecule has 6 atom stereocenters. The van der Waals surface area contributed by atoms with Gasteiger partial charge in [0, 0.05) is 0 Å². The molecule has 4 N–H and O–H groups in total. The Hall–Kier alpha value is -0.650. The van der Waals surface area contributed by atoms with Crippen LogP contribution in [0.1, 0.15) is 41.5 Å². The molecule has 1 rings (SSSR count). The van der Waals surface area contributed by atoms with Gasteiger partial charge in [0.2, 0.25) is 0 Å². The summed E-state index contributed by atoms with van der Waals surface area (Å²) in [5, 5.41) is 40.0. The van der Waals surface area contributed by atoms with Crippen molar-refractivity contribution in [2.24, 2.45) is 28.6 Å². The van der Waals surface area contributed by atoms with E-state index in [1.807, 2.05) is 41.5 Å². The highest BCUT2D eigenvalue weighted by atomic mass is 16.4. The van der Waals surface area contributed by atoms with Crippen molar-refractivity contribution in [1.29, 1.82) is 0 Å². The van der Waals surface area contributed by atoms with Gasteiger partial charge in [-0.15, -0.1) is 0 Å². The number of aliphatic hydroxyl groups excluding tert-OH is 3. The van der Waals surface area contributed by atoms with Gasteiger partial charge in [0.15, 0.2) is 0 Å². The van der Waals surface area contributed by atoms with E-state index in [9.17, 15) is 25.2 Å². The van der Waals surface area contributed by atoms with Gasteiger partial charge in [-0.1, -0.05) is 41.5 Å². The summed E-state index contributed by atoms with van der Waals surface area (Å²) in [7, 11) is 0. The lowest BCUT2D eigenvalue weighted by molar-refractivity contribution is -0.208. The van der Waals surface area contributed by atoms with Gasteiger partial charge in [-0.3, -0.25) is 4.79 Å². The first kappa shape index (κ1) is 17.4. The summed E-state index contributed by atoms with van der Waals surface area (Å²) < 4.78 is 0. The fraction of sp³-hybridized carbons (Fsp3) is 0.933. The molecule has 1 saturated carbocycles. The average molecular weight is 288 g/mol. The Kier molecular flexibility index (Phi) is 4.59. The quantitative estimate of drug-likeness (QED) is 0.579. The lowest BCUT2D eigenvalue weighted by atomic mass is 9.53. The van der Waals surface area contributed by atoms with Crippen molar-refractivity contribution in [2.45, 2.75) is 59.9 Å². The minimum absolute atomic E-state index is 0.383. The Morgan fingerprint density at radius 2 is 1.15 bits per heavy atom. The normalized spacial score (nSPS) is 39.6. The molecule has 5 nitrogen and oxygen atoms in total. The van der Waals surface area contributed by atoms with Crippen molar-refractivity contribution in [3.63, 3.8) is 0 Å². The number of carboxylic acid groups (broad SMARTS) is 1. The van der Waals surface area contributed by atoms with E-state index in [2.05, 4.69) is 0 Å². The van der Waals surface area contributed by atoms with Crippen molar-refractivity contribution < 1.29 is 25.2 Å². The molecule has 5 unspecified atom stereocenters. The first-order chi connectivity index (χ1) is 8.80. The Morgan fingerprint density at radius 3 is 1.45 bits per heavy atom. The zero-order valence-corrected chi connectivity index (χ0v) is 13.2. The summed E-state index contributed by atoms with van der Waals surface area (Å²) in [4.78, 5) is 11.6. The molecule has 0 spiro atoms. The summed E-state index contributed by atoms with van der Waals surface area (Å²) in [6.07, 6.45) is -4.02. The molecule has 0 aromatic carbocycles. The van der Waals surface area contributed by atoms with Crippen molar-refractivity contribution >= 4 is 5.97 Å². The summed E-state index contributed by atoms with van der Waals surface area (Å²) in [5.74, 6) is -3.06. The van der Waals surface area contributed by atoms with Crippen LogP contribution in [-0.2, 0) is 4.79 Å². The lowest BCUT2D eigenvalue weighted by Crippen LogP contribution is -2.63. The van der Waals surface area contributed by atoms with E-state index < -0.39 is 47.4 Å². The van der Waals surface area contributed by atoms with Gasteiger partial charge in [0.05, 0.1) is 18.1 Å². The number of hydrogen-bond acceptors (Lipinski definition) is 4. The molecule has 0 bridgehead atoms. The predicted molar refractivity (Wildman–Crippen MR) is 75.0 cm³/mol. The Labute approximate surface area is 120 Å². The van der Waals surface area contributed by atoms with Crippen LogP contribution in [0.4, 0.5) is 0 Å². The Balaban J connectivity index is 3.41. The van der Waals surface area contributed by atoms with Crippen molar-refractivity contribution in [3.05, 3.63) is 0 Å². The SMILES string of the molecule is CC(C)(C)C1C(O)C(O)C(O)C(C(=O)O)[C@H]1C(C)(C)C. The molecule has 0 heterocycles. The van der Waals surface area contributed by atoms with Crippen LogP contribution in [0.2, 0.25) is 0 Å². The van der Waals surface area contributed by atoms with Crippen molar-refractivity contribution in [1.82, 2.24) is 0 Å². The smallest absolute Gasteiger partial charge is 0.309 e. The topological polar surface area (TPSA) is 98.0 Å². The van der Waals surface area contributed by atoms with E-state index >= 15 is 0 Å². The molecule has 1 aliphatic carbocycles. The third kappa shape index (κ3) is 3.00. The van der Waals surface area contributed by atoms with Gasteiger partial charge in [-0.05, 0) is 22.7 Å². The number of hydrogen-bond donors (Lipinski definition) is 4. The molecule has 0 amide bonds. The molecule has 0 aromatic rings. The van der Waals surface area contributed by atoms with E-state index in [1.165, 1.54) is 0 Å². The fourth-order valence-corrected chi connectivity index (χ4v) is 3.70. The highest BCUT2D eigenvalue weighted by Gasteiger charge is 2.58. The molecule has 0 radical (unpaired) electrons. The predicted octanol–water partition coefficient (Wildman–Crippen LogP) is 1.11. The minimum atomic E-state index is -1.45. The third-order valence-corrected chi connectivity index (χ3v) is 4.49. The first-order valence-corrected chi connectivity index (χ1v) is 7.07. The molecule has 0 aromatic heterocycles. The second kappa shape index (κ2) is 5.28. The number of carbonyl (C=O) groups is 1. The number of aliphatic hydroxyl groups is 3. The largest absolute Gasteiger partial charge is 0.481 e. The number of carboxylic acids is 1. The zero-order chi connectivity index (χ0) is 16.0. The summed E-state index contributed by atoms with van der Waals surface area (Å²) in [6.45, 7) is 11.5. The molecular weight excluding hydrogens is 260 g/mol. The highest BCUT2D eigenvalue weighted by molar-refractivity contribution is 5.71. The van der Waals surface area contributed by atoms with Crippen LogP contribution in [0.15, 0.2) is 0 Å². The standard InChI is InChI=1S/C15H28O5/c1-14(2,3)8-7(13(19)20)10(16)12(18)11(17)9(8)15(4,5)6/h7-12,16-18H,1-6H3,(H,19,20)/t7?,8-,9?,10?,11?,12?/m1/s1. The second-order valence-electron chi connectivity index (χ2n) is 8.12. The van der Waals surface area contributed by atoms with Gasteiger partial charge in [0.25, 0.3) is 0 Å². The van der Waals surface area contributed by atoms with Gasteiger partial charge in [0.1, 0.15) is 6.10 Å². The molecule has 1 fully saturated rings. The van der Waals surface area contributed by atoms with E-state index in [4.69, 9.17) is 0 Å². The number of rotatable bonds is 1. The third-order valence-electron chi connectivity index (χ3n) is 4.49. The second-order valence-corrected chi connectivity index (χ2v) is 8.12. The van der Waals surface area contributed by atoms with E-state index in [-0.39, 0.29) is 5.41 Å². The van der Waals surface area contributed by atoms with Crippen LogP contribution in [0.5, 0.6) is 0 Å². The van der Waals surface area contributed by atoms with Crippen molar-refractivity contribution in [2.75, 3.05) is 0 Å². The van der Waals surface area contributed by atoms with Crippen LogP contribution in [-0.4, -0.2) is 44.7 Å². The highest BCUT2D eigenvalue weighted by Crippen LogP contribution is 2.51. The van der Waals surface area contributed by atoms with Gasteiger partial charge >= 0.3 is 5.97 Å². The summed E-state index contributed by atoms with van der Waals surface area (Å²) in [6, 6.07) is 0. The van der Waals surface area contributed by atoms with E-state index in [0.717, 1.165) is 0 Å². The molecule has 5 heteroatoms. The van der Waals surface area contributed by atoms with Crippen LogP contribution < -0.4 is 0 Å². The van der Waals surface area contributed by atoms with Crippen LogP contribution >= 0.6 is 0 Å². The average Bonchev–Trinajstić information content (AvgIpc) is 2.21. The minimum Gasteiger partial charge on any atom is -0.481 e.